The van der Waals surface area contributed by atoms with Crippen LogP contribution in [0.1, 0.15) is 39.0 Å². The number of ether oxygens (including phenoxy) is 1. The number of methoxy groups -OCH3 is 1. The van der Waals surface area contributed by atoms with Gasteiger partial charge in [0.2, 0.25) is 0 Å². The van der Waals surface area contributed by atoms with Crippen molar-refractivity contribution in [1.82, 2.24) is 5.32 Å². The van der Waals surface area contributed by atoms with E-state index in [0.717, 1.165) is 12.5 Å². The Kier molecular flexibility index (Phi) is 4.94. The van der Waals surface area contributed by atoms with Crippen molar-refractivity contribution in [1.29, 1.82) is 0 Å². The summed E-state index contributed by atoms with van der Waals surface area (Å²) in [5.41, 5.74) is 0. The minimum absolute atomic E-state index is 0.131. The lowest BCUT2D eigenvalue weighted by molar-refractivity contribution is -0.140. The molecule has 1 saturated carbocycles. The molecule has 1 aliphatic carbocycles. The maximum Gasteiger partial charge on any atom is 0.306 e. The van der Waals surface area contributed by atoms with Gasteiger partial charge in [-0.05, 0) is 19.3 Å². The largest absolute Gasteiger partial charge is 0.469 e. The summed E-state index contributed by atoms with van der Waals surface area (Å²) in [6.07, 6.45) is 5.91. The van der Waals surface area contributed by atoms with Gasteiger partial charge in [-0.3, -0.25) is 4.79 Å². The highest BCUT2D eigenvalue weighted by atomic mass is 16.5. The maximum absolute atomic E-state index is 10.8. The van der Waals surface area contributed by atoms with Gasteiger partial charge in [0.15, 0.2) is 0 Å². The van der Waals surface area contributed by atoms with Crippen LogP contribution in [0.15, 0.2) is 0 Å². The lowest BCUT2D eigenvalue weighted by Crippen LogP contribution is -2.31. The number of hydrogen-bond acceptors (Lipinski definition) is 3. The summed E-state index contributed by atoms with van der Waals surface area (Å²) in [4.78, 5) is 10.8. The van der Waals surface area contributed by atoms with Gasteiger partial charge in [-0.2, -0.15) is 0 Å². The number of hydrogen-bond donors (Lipinski definition) is 1. The first-order chi connectivity index (χ1) is 6.72. The minimum Gasteiger partial charge on any atom is -0.469 e. The second-order valence-corrected chi connectivity index (χ2v) is 4.21. The molecule has 3 nitrogen and oxygen atoms in total. The number of carbonyl (C=O) groups is 1. The summed E-state index contributed by atoms with van der Waals surface area (Å²) in [6, 6.07) is 0.532. The molecule has 0 aromatic rings. The average Bonchev–Trinajstić information content (AvgIpc) is 2.11. The van der Waals surface area contributed by atoms with Crippen LogP contribution in [0.4, 0.5) is 0 Å². The molecule has 0 bridgehead atoms. The molecule has 1 fully saturated rings. The van der Waals surface area contributed by atoms with E-state index in [9.17, 15) is 4.79 Å². The zero-order chi connectivity index (χ0) is 10.4. The number of nitrogens with one attached hydrogen (secondary N) is 1. The Morgan fingerprint density at radius 2 is 2.29 bits per heavy atom. The molecule has 1 rings (SSSR count). The number of carbonyl (C=O) groups excluding carboxylic acids is 1. The van der Waals surface area contributed by atoms with E-state index in [0.29, 0.717) is 12.5 Å². The fraction of sp³-hybridized carbons (Fsp3) is 0.909. The Morgan fingerprint density at radius 1 is 1.57 bits per heavy atom. The first-order valence-electron chi connectivity index (χ1n) is 5.52. The van der Waals surface area contributed by atoms with Gasteiger partial charge < -0.3 is 10.1 Å². The molecule has 14 heavy (non-hydrogen) atoms. The molecule has 0 aromatic carbocycles. The van der Waals surface area contributed by atoms with Gasteiger partial charge in [0.1, 0.15) is 0 Å². The van der Waals surface area contributed by atoms with Crippen molar-refractivity contribution in [2.75, 3.05) is 13.7 Å². The second-order valence-electron chi connectivity index (χ2n) is 4.21. The van der Waals surface area contributed by atoms with E-state index in [1.807, 2.05) is 0 Å². The van der Waals surface area contributed by atoms with Gasteiger partial charge in [-0.1, -0.05) is 19.3 Å². The number of esters is 1. The maximum atomic E-state index is 10.8. The van der Waals surface area contributed by atoms with Crippen molar-refractivity contribution in [2.45, 2.75) is 45.1 Å². The Morgan fingerprint density at radius 3 is 2.79 bits per heavy atom. The minimum atomic E-state index is -0.131. The molecule has 1 aliphatic rings. The molecule has 0 aliphatic heterocycles. The fourth-order valence-corrected chi connectivity index (χ4v) is 1.83. The Hall–Kier alpha value is -0.570. The molecule has 0 spiro atoms. The van der Waals surface area contributed by atoms with Crippen LogP contribution in [0.2, 0.25) is 0 Å². The van der Waals surface area contributed by atoms with E-state index in [1.54, 1.807) is 0 Å². The van der Waals surface area contributed by atoms with Crippen molar-refractivity contribution in [3.8, 4) is 0 Å². The van der Waals surface area contributed by atoms with E-state index in [4.69, 9.17) is 0 Å². The van der Waals surface area contributed by atoms with Crippen LogP contribution in [0.5, 0.6) is 0 Å². The first kappa shape index (κ1) is 11.5. The highest BCUT2D eigenvalue weighted by molar-refractivity contribution is 5.69. The van der Waals surface area contributed by atoms with Gasteiger partial charge in [-0.25, -0.2) is 0 Å². The summed E-state index contributed by atoms with van der Waals surface area (Å²) in [5, 5.41) is 3.35. The zero-order valence-electron chi connectivity index (χ0n) is 9.21. The zero-order valence-corrected chi connectivity index (χ0v) is 9.21. The van der Waals surface area contributed by atoms with E-state index >= 15 is 0 Å². The van der Waals surface area contributed by atoms with E-state index in [-0.39, 0.29) is 5.97 Å². The molecule has 0 heterocycles. The van der Waals surface area contributed by atoms with Crippen molar-refractivity contribution >= 4 is 5.97 Å². The molecule has 3 heteroatoms. The summed E-state index contributed by atoms with van der Waals surface area (Å²) in [5.74, 6) is 0.795. The monoisotopic (exact) mass is 199 g/mol. The molecule has 0 amide bonds. The van der Waals surface area contributed by atoms with Crippen LogP contribution in [0.3, 0.4) is 0 Å². The molecule has 0 saturated heterocycles. The van der Waals surface area contributed by atoms with Crippen LogP contribution < -0.4 is 5.32 Å². The molecular weight excluding hydrogens is 178 g/mol. The predicted molar refractivity (Wildman–Crippen MR) is 56.1 cm³/mol. The van der Waals surface area contributed by atoms with Crippen LogP contribution in [0.25, 0.3) is 0 Å². The SMILES string of the molecule is COC(=O)CCNC(C)CC1CCC1. The quantitative estimate of drug-likeness (QED) is 0.662. The van der Waals surface area contributed by atoms with E-state index < -0.39 is 0 Å². The fourth-order valence-electron chi connectivity index (χ4n) is 1.83. The van der Waals surface area contributed by atoms with Crippen molar-refractivity contribution in [3.63, 3.8) is 0 Å². The van der Waals surface area contributed by atoms with Crippen molar-refractivity contribution < 1.29 is 9.53 Å². The summed E-state index contributed by atoms with van der Waals surface area (Å²) < 4.78 is 4.57. The smallest absolute Gasteiger partial charge is 0.306 e. The summed E-state index contributed by atoms with van der Waals surface area (Å²) in [7, 11) is 1.43. The second kappa shape index (κ2) is 6.02. The average molecular weight is 199 g/mol. The Bertz CT molecular complexity index is 178. The lowest BCUT2D eigenvalue weighted by atomic mass is 9.81. The third-order valence-electron chi connectivity index (χ3n) is 2.96. The molecule has 1 N–H and O–H groups in total. The van der Waals surface area contributed by atoms with Gasteiger partial charge >= 0.3 is 5.97 Å². The summed E-state index contributed by atoms with van der Waals surface area (Å²) >= 11 is 0. The normalized spacial score (nSPS) is 18.7. The summed E-state index contributed by atoms with van der Waals surface area (Å²) in [6.45, 7) is 2.93. The van der Waals surface area contributed by atoms with E-state index in [1.165, 1.54) is 32.8 Å². The third kappa shape index (κ3) is 4.09. The van der Waals surface area contributed by atoms with Crippen LogP contribution in [0, 0.1) is 5.92 Å². The topological polar surface area (TPSA) is 38.3 Å². The highest BCUT2D eigenvalue weighted by Crippen LogP contribution is 2.30. The molecule has 1 atom stereocenters. The van der Waals surface area contributed by atoms with Gasteiger partial charge in [0.05, 0.1) is 13.5 Å². The molecule has 0 radical (unpaired) electrons. The first-order valence-corrected chi connectivity index (χ1v) is 5.52. The lowest BCUT2D eigenvalue weighted by Gasteiger charge is -2.28. The van der Waals surface area contributed by atoms with Crippen molar-refractivity contribution in [3.05, 3.63) is 0 Å². The van der Waals surface area contributed by atoms with E-state index in [2.05, 4.69) is 17.0 Å². The Balaban J connectivity index is 1.96. The van der Waals surface area contributed by atoms with Gasteiger partial charge in [0, 0.05) is 12.6 Å². The van der Waals surface area contributed by atoms with Crippen LogP contribution >= 0.6 is 0 Å². The molecular formula is C11H21NO2. The standard InChI is InChI=1S/C11H21NO2/c1-9(8-10-4-3-5-10)12-7-6-11(13)14-2/h9-10,12H,3-8H2,1-2H3. The van der Waals surface area contributed by atoms with Crippen LogP contribution in [-0.4, -0.2) is 25.7 Å². The van der Waals surface area contributed by atoms with Crippen LogP contribution in [-0.2, 0) is 9.53 Å². The molecule has 1 unspecified atom stereocenters. The van der Waals surface area contributed by atoms with Gasteiger partial charge in [0.25, 0.3) is 0 Å². The third-order valence-corrected chi connectivity index (χ3v) is 2.96. The molecule has 82 valence electrons. The van der Waals surface area contributed by atoms with Crippen molar-refractivity contribution in [2.24, 2.45) is 5.92 Å². The number of rotatable bonds is 6. The predicted octanol–water partition coefficient (Wildman–Crippen LogP) is 1.72. The Labute approximate surface area is 86.2 Å². The molecule has 0 aromatic heterocycles. The highest BCUT2D eigenvalue weighted by Gasteiger charge is 2.19. The van der Waals surface area contributed by atoms with Gasteiger partial charge in [-0.15, -0.1) is 0 Å².